The molecule has 0 spiro atoms. The average molecular weight is 381 g/mol. The Labute approximate surface area is 165 Å². The molecule has 0 aromatic heterocycles. The summed E-state index contributed by atoms with van der Waals surface area (Å²) in [6.07, 6.45) is 8.06. The van der Waals surface area contributed by atoms with Crippen LogP contribution in [0.1, 0.15) is 60.0 Å². The van der Waals surface area contributed by atoms with E-state index in [1.807, 2.05) is 30.3 Å². The van der Waals surface area contributed by atoms with E-state index in [-0.39, 0.29) is 5.41 Å². The minimum atomic E-state index is -0.420. The van der Waals surface area contributed by atoms with Crippen LogP contribution in [0.25, 0.3) is 0 Å². The highest BCUT2D eigenvalue weighted by atomic mass is 35.5. The van der Waals surface area contributed by atoms with Crippen LogP contribution in [0, 0.1) is 17.8 Å². The Morgan fingerprint density at radius 2 is 1.59 bits per heavy atom. The van der Waals surface area contributed by atoms with Crippen LogP contribution in [0.2, 0.25) is 0 Å². The van der Waals surface area contributed by atoms with Crippen molar-refractivity contribution < 1.29 is 9.53 Å². The summed E-state index contributed by atoms with van der Waals surface area (Å²) in [6.45, 7) is 0.514. The molecule has 4 fully saturated rings. The van der Waals surface area contributed by atoms with Crippen molar-refractivity contribution >= 4 is 16.8 Å². The highest BCUT2D eigenvalue weighted by Crippen LogP contribution is 2.61. The summed E-state index contributed by atoms with van der Waals surface area (Å²) < 4.78 is 6.29. The van der Waals surface area contributed by atoms with Gasteiger partial charge in [-0.05, 0) is 91.0 Å². The Balaban J connectivity index is 1.50. The molecular weight excluding hydrogens is 356 g/mol. The third-order valence-corrected chi connectivity index (χ3v) is 7.27. The molecule has 0 heterocycles. The maximum Gasteiger partial charge on any atom is 0.252 e. The summed E-state index contributed by atoms with van der Waals surface area (Å²) in [7, 11) is 0. The fourth-order valence-electron chi connectivity index (χ4n) is 6.38. The fourth-order valence-corrected chi connectivity index (χ4v) is 6.50. The largest absolute Gasteiger partial charge is 0.489 e. The molecule has 0 atom stereocenters. The van der Waals surface area contributed by atoms with E-state index in [4.69, 9.17) is 16.3 Å². The monoisotopic (exact) mass is 380 g/mol. The second kappa shape index (κ2) is 6.67. The molecule has 0 amide bonds. The van der Waals surface area contributed by atoms with Crippen LogP contribution < -0.4 is 4.74 Å². The van der Waals surface area contributed by atoms with Gasteiger partial charge in [0.2, 0.25) is 0 Å². The van der Waals surface area contributed by atoms with Gasteiger partial charge in [-0.25, -0.2) is 0 Å². The molecule has 2 nitrogen and oxygen atoms in total. The maximum atomic E-state index is 11.7. The quantitative estimate of drug-likeness (QED) is 0.584. The molecule has 4 bridgehead atoms. The highest BCUT2D eigenvalue weighted by molar-refractivity contribution is 6.67. The van der Waals surface area contributed by atoms with Gasteiger partial charge in [-0.3, -0.25) is 4.79 Å². The summed E-state index contributed by atoms with van der Waals surface area (Å²) in [5.74, 6) is 3.46. The van der Waals surface area contributed by atoms with Gasteiger partial charge in [0.1, 0.15) is 12.4 Å². The first-order chi connectivity index (χ1) is 13.1. The first-order valence-corrected chi connectivity index (χ1v) is 10.5. The molecule has 27 heavy (non-hydrogen) atoms. The summed E-state index contributed by atoms with van der Waals surface area (Å²) in [4.78, 5) is 11.7. The van der Waals surface area contributed by atoms with Crippen LogP contribution in [0.15, 0.2) is 48.5 Å². The van der Waals surface area contributed by atoms with Crippen LogP contribution in [-0.2, 0) is 12.0 Å². The zero-order valence-corrected chi connectivity index (χ0v) is 16.3. The first-order valence-electron chi connectivity index (χ1n) is 10.1. The van der Waals surface area contributed by atoms with Gasteiger partial charge in [-0.1, -0.05) is 36.4 Å². The summed E-state index contributed by atoms with van der Waals surface area (Å²) >= 11 is 5.77. The van der Waals surface area contributed by atoms with Gasteiger partial charge in [-0.15, -0.1) is 0 Å². The van der Waals surface area contributed by atoms with Crippen molar-refractivity contribution in [1.29, 1.82) is 0 Å². The highest BCUT2D eigenvalue weighted by Gasteiger charge is 2.52. The van der Waals surface area contributed by atoms with Gasteiger partial charge in [0, 0.05) is 11.1 Å². The van der Waals surface area contributed by atoms with Crippen molar-refractivity contribution in [2.45, 2.75) is 50.5 Å². The summed E-state index contributed by atoms with van der Waals surface area (Å²) in [5.41, 5.74) is 3.19. The van der Waals surface area contributed by atoms with Crippen molar-refractivity contribution in [3.63, 3.8) is 0 Å². The van der Waals surface area contributed by atoms with Gasteiger partial charge in [0.25, 0.3) is 5.24 Å². The number of halogens is 1. The lowest BCUT2D eigenvalue weighted by Crippen LogP contribution is -2.48. The van der Waals surface area contributed by atoms with E-state index < -0.39 is 5.24 Å². The molecule has 4 saturated carbocycles. The number of hydrogen-bond donors (Lipinski definition) is 0. The first kappa shape index (κ1) is 17.3. The summed E-state index contributed by atoms with van der Waals surface area (Å²) in [6, 6.07) is 16.1. The molecule has 4 aliphatic carbocycles. The van der Waals surface area contributed by atoms with Gasteiger partial charge < -0.3 is 4.74 Å². The molecular formula is C24H25ClO2. The molecule has 3 heteroatoms. The molecule has 140 valence electrons. The topological polar surface area (TPSA) is 26.3 Å². The Hall–Kier alpha value is -1.80. The van der Waals surface area contributed by atoms with Gasteiger partial charge >= 0.3 is 0 Å². The van der Waals surface area contributed by atoms with E-state index >= 15 is 0 Å². The molecule has 0 N–H and O–H groups in total. The number of carbonyl (C=O) groups is 1. The predicted molar refractivity (Wildman–Crippen MR) is 107 cm³/mol. The normalized spacial score (nSPS) is 31.1. The Bertz CT molecular complexity index is 823. The molecule has 6 rings (SSSR count). The van der Waals surface area contributed by atoms with E-state index in [1.54, 1.807) is 0 Å². The molecule has 2 aromatic rings. The van der Waals surface area contributed by atoms with Gasteiger partial charge in [0.15, 0.2) is 0 Å². The minimum Gasteiger partial charge on any atom is -0.489 e. The average Bonchev–Trinajstić information content (AvgIpc) is 2.66. The SMILES string of the molecule is O=C(Cl)c1ccc(C23CC4CC(CC(C4)C2)C3)c(OCc2ccccc2)c1. The summed E-state index contributed by atoms with van der Waals surface area (Å²) in [5, 5.41) is -0.420. The van der Waals surface area contributed by atoms with Gasteiger partial charge in [0.05, 0.1) is 0 Å². The van der Waals surface area contributed by atoms with Crippen molar-refractivity contribution in [3.8, 4) is 5.75 Å². The zero-order valence-electron chi connectivity index (χ0n) is 15.5. The molecule has 0 saturated heterocycles. The molecule has 0 aliphatic heterocycles. The lowest BCUT2D eigenvalue weighted by Gasteiger charge is -2.57. The van der Waals surface area contributed by atoms with Crippen molar-refractivity contribution in [2.24, 2.45) is 17.8 Å². The number of benzene rings is 2. The standard InChI is InChI=1S/C24H25ClO2/c25-23(26)20-6-7-21(22(11-20)27-15-16-4-2-1-3-5-16)24-12-17-8-18(13-24)10-19(9-17)14-24/h1-7,11,17-19H,8-10,12-15H2. The van der Waals surface area contributed by atoms with Gasteiger partial charge in [-0.2, -0.15) is 0 Å². The lowest BCUT2D eigenvalue weighted by atomic mass is 9.48. The van der Waals surface area contributed by atoms with Crippen LogP contribution in [0.5, 0.6) is 5.75 Å². The number of carbonyl (C=O) groups excluding carboxylic acids is 1. The lowest BCUT2D eigenvalue weighted by molar-refractivity contribution is -0.00648. The minimum absolute atomic E-state index is 0.231. The van der Waals surface area contributed by atoms with E-state index in [0.29, 0.717) is 12.2 Å². The van der Waals surface area contributed by atoms with E-state index in [1.165, 1.54) is 44.1 Å². The number of hydrogen-bond acceptors (Lipinski definition) is 2. The smallest absolute Gasteiger partial charge is 0.252 e. The second-order valence-electron chi connectivity index (χ2n) is 8.96. The Morgan fingerprint density at radius 1 is 0.963 bits per heavy atom. The zero-order chi connectivity index (χ0) is 18.4. The van der Waals surface area contributed by atoms with E-state index in [2.05, 4.69) is 18.2 Å². The predicted octanol–water partition coefficient (Wildman–Crippen LogP) is 6.11. The van der Waals surface area contributed by atoms with Crippen molar-refractivity contribution in [2.75, 3.05) is 0 Å². The third kappa shape index (κ3) is 3.18. The second-order valence-corrected chi connectivity index (χ2v) is 9.30. The number of rotatable bonds is 5. The molecule has 0 unspecified atom stereocenters. The Morgan fingerprint density at radius 3 is 2.19 bits per heavy atom. The van der Waals surface area contributed by atoms with Crippen LogP contribution in [-0.4, -0.2) is 5.24 Å². The fraction of sp³-hybridized carbons (Fsp3) is 0.458. The van der Waals surface area contributed by atoms with Crippen molar-refractivity contribution in [1.82, 2.24) is 0 Å². The van der Waals surface area contributed by atoms with Crippen LogP contribution in [0.3, 0.4) is 0 Å². The van der Waals surface area contributed by atoms with E-state index in [9.17, 15) is 4.79 Å². The third-order valence-electron chi connectivity index (χ3n) is 7.06. The Kier molecular flexibility index (Phi) is 4.27. The number of ether oxygens (including phenoxy) is 1. The van der Waals surface area contributed by atoms with Crippen LogP contribution in [0.4, 0.5) is 0 Å². The molecule has 0 radical (unpaired) electrons. The van der Waals surface area contributed by atoms with E-state index in [0.717, 1.165) is 29.1 Å². The molecule has 4 aliphatic rings. The van der Waals surface area contributed by atoms with Crippen molar-refractivity contribution in [3.05, 3.63) is 65.2 Å². The van der Waals surface area contributed by atoms with Crippen LogP contribution >= 0.6 is 11.6 Å². The maximum absolute atomic E-state index is 11.7. The molecule has 2 aromatic carbocycles.